The third kappa shape index (κ3) is 4.51. The van der Waals surface area contributed by atoms with E-state index < -0.39 is 5.54 Å². The molecule has 0 aliphatic heterocycles. The fourth-order valence-electron chi connectivity index (χ4n) is 1.84. The molecule has 0 saturated heterocycles. The van der Waals surface area contributed by atoms with Crippen LogP contribution in [0.3, 0.4) is 0 Å². The van der Waals surface area contributed by atoms with Gasteiger partial charge in [-0.1, -0.05) is 25.1 Å². The van der Waals surface area contributed by atoms with Crippen LogP contribution in [0.1, 0.15) is 32.3 Å². The van der Waals surface area contributed by atoms with Crippen LogP contribution in [-0.2, 0) is 11.4 Å². The van der Waals surface area contributed by atoms with Gasteiger partial charge >= 0.3 is 0 Å². The molecule has 0 aliphatic rings. The highest BCUT2D eigenvalue weighted by Crippen LogP contribution is 2.19. The summed E-state index contributed by atoms with van der Waals surface area (Å²) in [6.07, 6.45) is 1.40. The molecule has 0 spiro atoms. The van der Waals surface area contributed by atoms with Crippen LogP contribution in [-0.4, -0.2) is 29.7 Å². The van der Waals surface area contributed by atoms with Gasteiger partial charge in [0, 0.05) is 12.0 Å². The van der Waals surface area contributed by atoms with Gasteiger partial charge in [-0.25, -0.2) is 0 Å². The van der Waals surface area contributed by atoms with Gasteiger partial charge in [-0.3, -0.25) is 4.79 Å². The number of benzene rings is 1. The summed E-state index contributed by atoms with van der Waals surface area (Å²) in [7, 11) is 0. The zero-order valence-electron chi connectivity index (χ0n) is 12.2. The van der Waals surface area contributed by atoms with Crippen molar-refractivity contribution in [2.24, 2.45) is 5.73 Å². The molecule has 1 amide bonds. The highest BCUT2D eigenvalue weighted by Gasteiger charge is 2.29. The number of aliphatic hydroxyl groups excluding tert-OH is 1. The van der Waals surface area contributed by atoms with E-state index in [-0.39, 0.29) is 12.5 Å². The molecule has 0 radical (unpaired) electrons. The minimum Gasteiger partial charge on any atom is -0.493 e. The molecule has 4 N–H and O–H groups in total. The van der Waals surface area contributed by atoms with Gasteiger partial charge in [0.1, 0.15) is 5.75 Å². The minimum atomic E-state index is -0.774. The molecule has 0 heterocycles. The first-order chi connectivity index (χ1) is 9.53. The number of hydrogen-bond acceptors (Lipinski definition) is 4. The molecule has 0 fully saturated rings. The summed E-state index contributed by atoms with van der Waals surface area (Å²) in [5, 5.41) is 12.4. The van der Waals surface area contributed by atoms with Crippen molar-refractivity contribution < 1.29 is 14.6 Å². The van der Waals surface area contributed by atoms with Crippen LogP contribution < -0.4 is 15.8 Å². The molecule has 1 aromatic rings. The van der Waals surface area contributed by atoms with E-state index in [9.17, 15) is 9.90 Å². The number of amides is 1. The van der Waals surface area contributed by atoms with Crippen molar-refractivity contribution in [3.63, 3.8) is 0 Å². The fraction of sp³-hybridized carbons (Fsp3) is 0.533. The molecule has 0 aliphatic carbocycles. The lowest BCUT2D eigenvalue weighted by Gasteiger charge is -2.27. The number of hydrogen-bond donors (Lipinski definition) is 3. The molecule has 5 nitrogen and oxygen atoms in total. The summed E-state index contributed by atoms with van der Waals surface area (Å²) >= 11 is 0. The Labute approximate surface area is 120 Å². The van der Waals surface area contributed by atoms with Crippen LogP contribution in [0.5, 0.6) is 5.75 Å². The van der Waals surface area contributed by atoms with Gasteiger partial charge in [0.15, 0.2) is 0 Å². The van der Waals surface area contributed by atoms with E-state index in [1.807, 2.05) is 19.1 Å². The van der Waals surface area contributed by atoms with E-state index in [4.69, 9.17) is 10.5 Å². The van der Waals surface area contributed by atoms with E-state index in [0.717, 1.165) is 18.5 Å². The maximum Gasteiger partial charge on any atom is 0.237 e. The Bertz CT molecular complexity index is 437. The lowest BCUT2D eigenvalue weighted by atomic mass is 9.97. The highest BCUT2D eigenvalue weighted by atomic mass is 16.5. The first-order valence-corrected chi connectivity index (χ1v) is 6.90. The van der Waals surface area contributed by atoms with Crippen molar-refractivity contribution in [2.45, 2.75) is 38.8 Å². The summed E-state index contributed by atoms with van der Waals surface area (Å²) in [4.78, 5) is 11.6. The van der Waals surface area contributed by atoms with Gasteiger partial charge in [-0.15, -0.1) is 0 Å². The maximum atomic E-state index is 11.6. The molecule has 20 heavy (non-hydrogen) atoms. The summed E-state index contributed by atoms with van der Waals surface area (Å²) < 4.78 is 5.65. The number of primary amides is 1. The van der Waals surface area contributed by atoms with Gasteiger partial charge in [0.25, 0.3) is 0 Å². The molecular formula is C15H24N2O3. The lowest BCUT2D eigenvalue weighted by Crippen LogP contribution is -2.54. The first kappa shape index (κ1) is 16.5. The smallest absolute Gasteiger partial charge is 0.237 e. The van der Waals surface area contributed by atoms with Gasteiger partial charge in [-0.05, 0) is 26.0 Å². The van der Waals surface area contributed by atoms with E-state index in [1.165, 1.54) is 0 Å². The van der Waals surface area contributed by atoms with Gasteiger partial charge < -0.3 is 20.9 Å². The maximum absolute atomic E-state index is 11.6. The van der Waals surface area contributed by atoms with Crippen LogP contribution in [0, 0.1) is 0 Å². The second-order valence-corrected chi connectivity index (χ2v) is 4.99. The van der Waals surface area contributed by atoms with Crippen molar-refractivity contribution in [1.29, 1.82) is 0 Å². The largest absolute Gasteiger partial charge is 0.493 e. The van der Waals surface area contributed by atoms with Crippen molar-refractivity contribution in [1.82, 2.24) is 5.32 Å². The molecule has 1 rings (SSSR count). The molecule has 0 saturated carbocycles. The Morgan fingerprint density at radius 1 is 1.45 bits per heavy atom. The number of aliphatic hydroxyl groups is 1. The van der Waals surface area contributed by atoms with Crippen molar-refractivity contribution in [3.05, 3.63) is 29.8 Å². The molecule has 0 aromatic heterocycles. The SMILES string of the molecule is CCCNC(C)(CCOc1ccccc1CO)C(N)=O. The topological polar surface area (TPSA) is 84.6 Å². The Hall–Kier alpha value is -1.59. The molecule has 1 unspecified atom stereocenters. The summed E-state index contributed by atoms with van der Waals surface area (Å²) in [5.74, 6) is 0.252. The van der Waals surface area contributed by atoms with Crippen LogP contribution in [0.2, 0.25) is 0 Å². The molecule has 1 atom stereocenters. The molecule has 5 heteroatoms. The highest BCUT2D eigenvalue weighted by molar-refractivity contribution is 5.84. The van der Waals surface area contributed by atoms with Crippen LogP contribution in [0.4, 0.5) is 0 Å². The Morgan fingerprint density at radius 2 is 2.15 bits per heavy atom. The monoisotopic (exact) mass is 280 g/mol. The van der Waals surface area contributed by atoms with E-state index in [2.05, 4.69) is 5.32 Å². The van der Waals surface area contributed by atoms with Gasteiger partial charge in [0.05, 0.1) is 18.8 Å². The lowest BCUT2D eigenvalue weighted by molar-refractivity contribution is -0.124. The second-order valence-electron chi connectivity index (χ2n) is 4.99. The minimum absolute atomic E-state index is 0.0721. The number of carbonyl (C=O) groups excluding carboxylic acids is 1. The van der Waals surface area contributed by atoms with Gasteiger partial charge in [-0.2, -0.15) is 0 Å². The van der Waals surface area contributed by atoms with E-state index >= 15 is 0 Å². The van der Waals surface area contributed by atoms with Crippen molar-refractivity contribution >= 4 is 5.91 Å². The molecule has 112 valence electrons. The standard InChI is InChI=1S/C15H24N2O3/c1-3-9-17-15(2,14(16)19)8-10-20-13-7-5-4-6-12(13)11-18/h4-7,17-18H,3,8-11H2,1-2H3,(H2,16,19). The van der Waals surface area contributed by atoms with E-state index in [0.29, 0.717) is 18.8 Å². The third-order valence-electron chi connectivity index (χ3n) is 3.31. The van der Waals surface area contributed by atoms with Gasteiger partial charge in [0.2, 0.25) is 5.91 Å². The summed E-state index contributed by atoms with van der Waals surface area (Å²) in [6, 6.07) is 7.29. The normalized spacial score (nSPS) is 13.8. The third-order valence-corrected chi connectivity index (χ3v) is 3.31. The number of ether oxygens (including phenoxy) is 1. The predicted octanol–water partition coefficient (Wildman–Crippen LogP) is 1.19. The molecular weight excluding hydrogens is 256 g/mol. The van der Waals surface area contributed by atoms with Crippen LogP contribution >= 0.6 is 0 Å². The van der Waals surface area contributed by atoms with Crippen molar-refractivity contribution in [2.75, 3.05) is 13.2 Å². The predicted molar refractivity (Wildman–Crippen MR) is 78.4 cm³/mol. The number of carbonyl (C=O) groups is 1. The number of rotatable bonds is 9. The zero-order valence-corrected chi connectivity index (χ0v) is 12.2. The average molecular weight is 280 g/mol. The number of para-hydroxylation sites is 1. The van der Waals surface area contributed by atoms with E-state index in [1.54, 1.807) is 19.1 Å². The van der Waals surface area contributed by atoms with Crippen LogP contribution in [0.25, 0.3) is 0 Å². The first-order valence-electron chi connectivity index (χ1n) is 6.90. The Morgan fingerprint density at radius 3 is 2.75 bits per heavy atom. The van der Waals surface area contributed by atoms with Crippen LogP contribution in [0.15, 0.2) is 24.3 Å². The summed E-state index contributed by atoms with van der Waals surface area (Å²) in [5.41, 5.74) is 5.41. The quantitative estimate of drug-likeness (QED) is 0.634. The number of nitrogens with two attached hydrogens (primary N) is 1. The fourth-order valence-corrected chi connectivity index (χ4v) is 1.84. The summed E-state index contributed by atoms with van der Waals surface area (Å²) in [6.45, 7) is 4.83. The number of nitrogens with one attached hydrogen (secondary N) is 1. The molecule has 1 aromatic carbocycles. The Kier molecular flexibility index (Phi) is 6.48. The van der Waals surface area contributed by atoms with Crippen molar-refractivity contribution in [3.8, 4) is 5.75 Å². The Balaban J connectivity index is 2.58. The molecule has 0 bridgehead atoms. The average Bonchev–Trinajstić information content (AvgIpc) is 2.45. The second kappa shape index (κ2) is 7.87. The zero-order chi connectivity index (χ0) is 15.0.